The van der Waals surface area contributed by atoms with Gasteiger partial charge in [0.05, 0.1) is 19.2 Å². The van der Waals surface area contributed by atoms with Crippen molar-refractivity contribution in [2.45, 2.75) is 19.6 Å². The van der Waals surface area contributed by atoms with Crippen molar-refractivity contribution in [2.24, 2.45) is 0 Å². The third-order valence-electron chi connectivity index (χ3n) is 2.32. The first-order chi connectivity index (χ1) is 9.13. The minimum Gasteiger partial charge on any atom is -0.487 e. The number of carboxylic acid groups (broad SMARTS) is 1. The summed E-state index contributed by atoms with van der Waals surface area (Å²) in [4.78, 5) is 10.4. The van der Waals surface area contributed by atoms with E-state index in [4.69, 9.17) is 9.84 Å². The lowest BCUT2D eigenvalue weighted by Crippen LogP contribution is -2.04. The molecule has 0 aliphatic carbocycles. The van der Waals surface area contributed by atoms with E-state index in [1.807, 2.05) is 24.3 Å². The van der Waals surface area contributed by atoms with Gasteiger partial charge in [0.2, 0.25) is 0 Å². The molecular formula is C12H12BrN3O3. The lowest BCUT2D eigenvalue weighted by molar-refractivity contribution is -0.137. The predicted octanol–water partition coefficient (Wildman–Crippen LogP) is 2.09. The molecule has 0 radical (unpaired) electrons. The Hall–Kier alpha value is -1.89. The zero-order valence-corrected chi connectivity index (χ0v) is 11.6. The molecule has 1 heterocycles. The van der Waals surface area contributed by atoms with Crippen LogP contribution in [0.15, 0.2) is 34.9 Å². The van der Waals surface area contributed by atoms with Crippen LogP contribution in [0.25, 0.3) is 0 Å². The molecule has 0 aliphatic rings. The van der Waals surface area contributed by atoms with E-state index in [1.54, 1.807) is 6.20 Å². The molecule has 0 amide bonds. The van der Waals surface area contributed by atoms with E-state index in [0.717, 1.165) is 10.2 Å². The number of carbonyl (C=O) groups is 1. The van der Waals surface area contributed by atoms with Crippen LogP contribution in [0.3, 0.4) is 0 Å². The van der Waals surface area contributed by atoms with E-state index >= 15 is 0 Å². The van der Waals surface area contributed by atoms with Crippen molar-refractivity contribution >= 4 is 21.9 Å². The minimum atomic E-state index is -0.859. The highest BCUT2D eigenvalue weighted by atomic mass is 79.9. The third kappa shape index (κ3) is 4.36. The largest absolute Gasteiger partial charge is 0.487 e. The van der Waals surface area contributed by atoms with Gasteiger partial charge in [-0.2, -0.15) is 0 Å². The molecule has 1 N–H and O–H groups in total. The van der Waals surface area contributed by atoms with Crippen molar-refractivity contribution in [3.05, 3.63) is 40.6 Å². The Morgan fingerprint density at radius 3 is 3.05 bits per heavy atom. The zero-order valence-electron chi connectivity index (χ0n) is 9.99. The van der Waals surface area contributed by atoms with Gasteiger partial charge in [0, 0.05) is 4.47 Å². The molecule has 1 aromatic carbocycles. The van der Waals surface area contributed by atoms with Gasteiger partial charge in [-0.1, -0.05) is 27.2 Å². The third-order valence-corrected chi connectivity index (χ3v) is 2.82. The molecule has 0 spiro atoms. The monoisotopic (exact) mass is 325 g/mol. The lowest BCUT2D eigenvalue weighted by Gasteiger charge is -2.03. The number of halogens is 1. The summed E-state index contributed by atoms with van der Waals surface area (Å²) < 4.78 is 7.98. The molecule has 0 unspecified atom stereocenters. The van der Waals surface area contributed by atoms with E-state index in [2.05, 4.69) is 26.2 Å². The number of ether oxygens (including phenoxy) is 1. The second kappa shape index (κ2) is 6.33. The number of aromatic nitrogens is 3. The summed E-state index contributed by atoms with van der Waals surface area (Å²) in [5, 5.41) is 16.3. The first kappa shape index (κ1) is 13.5. The van der Waals surface area contributed by atoms with Gasteiger partial charge in [0.15, 0.2) is 0 Å². The van der Waals surface area contributed by atoms with Crippen LogP contribution >= 0.6 is 15.9 Å². The average molecular weight is 326 g/mol. The minimum absolute atomic E-state index is 0.0231. The summed E-state index contributed by atoms with van der Waals surface area (Å²) in [5.41, 5.74) is 0.658. The average Bonchev–Trinajstić information content (AvgIpc) is 2.82. The number of nitrogens with zero attached hydrogens (tertiary/aromatic N) is 3. The summed E-state index contributed by atoms with van der Waals surface area (Å²) >= 11 is 3.36. The van der Waals surface area contributed by atoms with E-state index in [1.165, 1.54) is 4.68 Å². The summed E-state index contributed by atoms with van der Waals surface area (Å²) in [6.45, 7) is 0.600. The van der Waals surface area contributed by atoms with Crippen molar-refractivity contribution in [3.8, 4) is 5.75 Å². The van der Waals surface area contributed by atoms with Crippen molar-refractivity contribution in [3.63, 3.8) is 0 Å². The molecule has 100 valence electrons. The summed E-state index contributed by atoms with van der Waals surface area (Å²) in [6, 6.07) is 7.49. The van der Waals surface area contributed by atoms with E-state index < -0.39 is 5.97 Å². The molecule has 0 saturated heterocycles. The number of rotatable bonds is 6. The standard InChI is InChI=1S/C12H12BrN3O3/c13-9-2-1-3-11(6-9)19-8-10-7-16(15-14-10)5-4-12(17)18/h1-3,6-7H,4-5,8H2,(H,17,18). The number of hydrogen-bond acceptors (Lipinski definition) is 4. The fraction of sp³-hybridized carbons (Fsp3) is 0.250. The maximum Gasteiger partial charge on any atom is 0.305 e. The van der Waals surface area contributed by atoms with Gasteiger partial charge < -0.3 is 9.84 Å². The number of benzene rings is 1. The first-order valence-electron chi connectivity index (χ1n) is 5.62. The summed E-state index contributed by atoms with van der Waals surface area (Å²) in [7, 11) is 0. The molecule has 0 bridgehead atoms. The summed E-state index contributed by atoms with van der Waals surface area (Å²) in [6.07, 6.45) is 1.70. The van der Waals surface area contributed by atoms with Crippen molar-refractivity contribution in [1.82, 2.24) is 15.0 Å². The SMILES string of the molecule is O=C(O)CCn1cc(COc2cccc(Br)c2)nn1. The molecule has 6 nitrogen and oxygen atoms in total. The van der Waals surface area contributed by atoms with Crippen molar-refractivity contribution in [1.29, 1.82) is 0 Å². The molecule has 0 fully saturated rings. The molecule has 0 saturated carbocycles. The molecule has 2 aromatic rings. The van der Waals surface area contributed by atoms with Crippen molar-refractivity contribution < 1.29 is 14.6 Å². The molecule has 1 aromatic heterocycles. The fourth-order valence-corrected chi connectivity index (χ4v) is 1.82. The summed E-state index contributed by atoms with van der Waals surface area (Å²) in [5.74, 6) is -0.128. The number of hydrogen-bond donors (Lipinski definition) is 1. The van der Waals surface area contributed by atoms with E-state index in [0.29, 0.717) is 18.8 Å². The molecule has 19 heavy (non-hydrogen) atoms. The number of carboxylic acids is 1. The van der Waals surface area contributed by atoms with Crippen LogP contribution in [0.5, 0.6) is 5.75 Å². The Bertz CT molecular complexity index is 571. The van der Waals surface area contributed by atoms with E-state index in [-0.39, 0.29) is 6.42 Å². The molecule has 2 rings (SSSR count). The van der Waals surface area contributed by atoms with Gasteiger partial charge in [0.25, 0.3) is 0 Å². The highest BCUT2D eigenvalue weighted by Crippen LogP contribution is 2.18. The first-order valence-corrected chi connectivity index (χ1v) is 6.42. The van der Waals surface area contributed by atoms with Crippen LogP contribution in [0.2, 0.25) is 0 Å². The molecule has 0 aliphatic heterocycles. The van der Waals surface area contributed by atoms with Gasteiger partial charge in [-0.3, -0.25) is 9.48 Å². The van der Waals surface area contributed by atoms with Crippen molar-refractivity contribution in [2.75, 3.05) is 0 Å². The smallest absolute Gasteiger partial charge is 0.305 e. The maximum absolute atomic E-state index is 10.4. The van der Waals surface area contributed by atoms with Crippen LogP contribution < -0.4 is 4.74 Å². The van der Waals surface area contributed by atoms with Gasteiger partial charge in [-0.25, -0.2) is 0 Å². The topological polar surface area (TPSA) is 77.2 Å². The number of aryl methyl sites for hydroxylation is 1. The zero-order chi connectivity index (χ0) is 13.7. The maximum atomic E-state index is 10.4. The Morgan fingerprint density at radius 2 is 2.32 bits per heavy atom. The molecule has 0 atom stereocenters. The normalized spacial score (nSPS) is 10.4. The van der Waals surface area contributed by atoms with Crippen LogP contribution in [0.4, 0.5) is 0 Å². The lowest BCUT2D eigenvalue weighted by atomic mass is 10.3. The predicted molar refractivity (Wildman–Crippen MR) is 70.7 cm³/mol. The van der Waals surface area contributed by atoms with Gasteiger partial charge in [-0.05, 0) is 18.2 Å². The van der Waals surface area contributed by atoms with Crippen LogP contribution in [-0.4, -0.2) is 26.1 Å². The molecular weight excluding hydrogens is 314 g/mol. The molecule has 7 heteroatoms. The number of aliphatic carboxylic acids is 1. The fourth-order valence-electron chi connectivity index (χ4n) is 1.44. The van der Waals surface area contributed by atoms with E-state index in [9.17, 15) is 4.79 Å². The van der Waals surface area contributed by atoms with Crippen LogP contribution in [0.1, 0.15) is 12.1 Å². The van der Waals surface area contributed by atoms with Crippen LogP contribution in [0, 0.1) is 0 Å². The Labute approximate surface area is 118 Å². The Kier molecular flexibility index (Phi) is 4.51. The highest BCUT2D eigenvalue weighted by Gasteiger charge is 2.04. The second-order valence-corrected chi connectivity index (χ2v) is 4.78. The quantitative estimate of drug-likeness (QED) is 0.879. The van der Waals surface area contributed by atoms with Gasteiger partial charge >= 0.3 is 5.97 Å². The second-order valence-electron chi connectivity index (χ2n) is 3.86. The van der Waals surface area contributed by atoms with Gasteiger partial charge in [-0.15, -0.1) is 5.10 Å². The Morgan fingerprint density at radius 1 is 1.47 bits per heavy atom. The van der Waals surface area contributed by atoms with Gasteiger partial charge in [0.1, 0.15) is 18.1 Å². The van der Waals surface area contributed by atoms with Crippen LogP contribution in [-0.2, 0) is 17.9 Å². The highest BCUT2D eigenvalue weighted by molar-refractivity contribution is 9.10. The Balaban J connectivity index is 1.88.